The predicted octanol–water partition coefficient (Wildman–Crippen LogP) is 4.46. The van der Waals surface area contributed by atoms with E-state index >= 15 is 0 Å². The Hall–Kier alpha value is -1.76. The van der Waals surface area contributed by atoms with Crippen LogP contribution in [0.4, 0.5) is 0 Å². The van der Waals surface area contributed by atoms with Crippen molar-refractivity contribution in [1.29, 1.82) is 0 Å². The van der Waals surface area contributed by atoms with Gasteiger partial charge in [0.25, 0.3) is 0 Å². The van der Waals surface area contributed by atoms with Gasteiger partial charge in [-0.3, -0.25) is 0 Å². The first-order valence-corrected chi connectivity index (χ1v) is 6.83. The topological polar surface area (TPSA) is 15.8 Å². The van der Waals surface area contributed by atoms with E-state index in [4.69, 9.17) is 0 Å². The molecule has 1 N–H and O–H groups in total. The minimum absolute atomic E-state index is 0.663. The molecule has 1 aromatic carbocycles. The standard InChI is InChI=1S/C17H17N/c1-11-3-2-4-12-5-8-15-14(16(11)12)7-6-13-9-10-18-17(13)15/h2,4,6-7,9-11,18H,3,5,8H2,1H3. The molecule has 18 heavy (non-hydrogen) atoms. The van der Waals surface area contributed by atoms with Crippen LogP contribution >= 0.6 is 0 Å². The maximum Gasteiger partial charge on any atom is 0.0492 e. The molecule has 2 aliphatic carbocycles. The summed E-state index contributed by atoms with van der Waals surface area (Å²) in [4.78, 5) is 3.42. The van der Waals surface area contributed by atoms with Crippen molar-refractivity contribution in [3.05, 3.63) is 53.2 Å². The molecule has 1 unspecified atom stereocenters. The molecule has 0 saturated carbocycles. The fourth-order valence-electron chi connectivity index (χ4n) is 3.56. The van der Waals surface area contributed by atoms with Crippen molar-refractivity contribution in [2.24, 2.45) is 5.92 Å². The number of benzene rings is 1. The molecule has 0 radical (unpaired) electrons. The second-order valence-electron chi connectivity index (χ2n) is 5.51. The van der Waals surface area contributed by atoms with Gasteiger partial charge in [0.2, 0.25) is 0 Å². The van der Waals surface area contributed by atoms with Crippen LogP contribution in [-0.2, 0) is 6.42 Å². The summed E-state index contributed by atoms with van der Waals surface area (Å²) >= 11 is 0. The second-order valence-corrected chi connectivity index (χ2v) is 5.51. The number of hydrogen-bond acceptors (Lipinski definition) is 0. The molecule has 0 aliphatic heterocycles. The Morgan fingerprint density at radius 2 is 2.11 bits per heavy atom. The highest BCUT2D eigenvalue weighted by Crippen LogP contribution is 2.42. The molecule has 0 spiro atoms. The third-order valence-electron chi connectivity index (χ3n) is 4.42. The van der Waals surface area contributed by atoms with Gasteiger partial charge in [-0.1, -0.05) is 31.2 Å². The first-order valence-electron chi connectivity index (χ1n) is 6.83. The highest BCUT2D eigenvalue weighted by atomic mass is 14.7. The number of allylic oxidation sites excluding steroid dienone is 4. The van der Waals surface area contributed by atoms with Gasteiger partial charge in [-0.25, -0.2) is 0 Å². The zero-order valence-electron chi connectivity index (χ0n) is 10.7. The van der Waals surface area contributed by atoms with E-state index in [1.807, 2.05) is 0 Å². The Bertz CT molecular complexity index is 685. The first-order chi connectivity index (χ1) is 8.84. The molecule has 4 rings (SSSR count). The van der Waals surface area contributed by atoms with Gasteiger partial charge in [0.15, 0.2) is 0 Å². The Morgan fingerprint density at radius 1 is 1.17 bits per heavy atom. The van der Waals surface area contributed by atoms with Crippen LogP contribution in [0.1, 0.15) is 30.9 Å². The van der Waals surface area contributed by atoms with Gasteiger partial charge in [0.1, 0.15) is 0 Å². The number of fused-ring (bicyclic) bond motifs is 4. The monoisotopic (exact) mass is 235 g/mol. The number of hydrogen-bond donors (Lipinski definition) is 1. The highest BCUT2D eigenvalue weighted by Gasteiger charge is 2.24. The largest absolute Gasteiger partial charge is 0.361 e. The lowest BCUT2D eigenvalue weighted by molar-refractivity contribution is 0.732. The Labute approximate surface area is 107 Å². The van der Waals surface area contributed by atoms with E-state index in [-0.39, 0.29) is 0 Å². The van der Waals surface area contributed by atoms with E-state index < -0.39 is 0 Å². The van der Waals surface area contributed by atoms with Crippen molar-refractivity contribution in [3.8, 4) is 0 Å². The smallest absolute Gasteiger partial charge is 0.0492 e. The lowest BCUT2D eigenvalue weighted by Gasteiger charge is -2.29. The molecule has 1 heteroatoms. The third kappa shape index (κ3) is 1.28. The van der Waals surface area contributed by atoms with E-state index in [2.05, 4.69) is 48.5 Å². The van der Waals surface area contributed by atoms with Gasteiger partial charge in [0, 0.05) is 11.7 Å². The summed E-state index contributed by atoms with van der Waals surface area (Å²) < 4.78 is 0. The molecule has 0 saturated heterocycles. The van der Waals surface area contributed by atoms with Gasteiger partial charge in [0.05, 0.1) is 0 Å². The van der Waals surface area contributed by atoms with E-state index in [0.717, 1.165) is 0 Å². The van der Waals surface area contributed by atoms with Crippen molar-refractivity contribution in [3.63, 3.8) is 0 Å². The molecule has 0 amide bonds. The second kappa shape index (κ2) is 3.61. The number of aromatic nitrogens is 1. The van der Waals surface area contributed by atoms with Crippen molar-refractivity contribution in [1.82, 2.24) is 4.98 Å². The molecular formula is C17H17N. The summed E-state index contributed by atoms with van der Waals surface area (Å²) in [7, 11) is 0. The Balaban J connectivity index is 2.03. The van der Waals surface area contributed by atoms with Crippen molar-refractivity contribution in [2.75, 3.05) is 0 Å². The van der Waals surface area contributed by atoms with Crippen LogP contribution in [0, 0.1) is 5.92 Å². The van der Waals surface area contributed by atoms with Gasteiger partial charge in [-0.05, 0) is 58.9 Å². The van der Waals surface area contributed by atoms with Crippen LogP contribution in [0.3, 0.4) is 0 Å². The number of aryl methyl sites for hydroxylation is 1. The molecule has 0 bridgehead atoms. The zero-order valence-corrected chi connectivity index (χ0v) is 10.7. The number of nitrogens with one attached hydrogen (secondary N) is 1. The Morgan fingerprint density at radius 3 is 3.06 bits per heavy atom. The highest BCUT2D eigenvalue weighted by molar-refractivity contribution is 5.90. The van der Waals surface area contributed by atoms with Gasteiger partial charge >= 0.3 is 0 Å². The minimum Gasteiger partial charge on any atom is -0.361 e. The molecule has 1 atom stereocenters. The summed E-state index contributed by atoms with van der Waals surface area (Å²) in [6.45, 7) is 2.35. The molecule has 2 aromatic rings. The number of H-pyrrole nitrogens is 1. The number of rotatable bonds is 0. The molecule has 0 fully saturated rings. The number of aromatic amines is 1. The van der Waals surface area contributed by atoms with Crippen LogP contribution in [0.15, 0.2) is 42.1 Å². The normalized spacial score (nSPS) is 22.2. The SMILES string of the molecule is CC1CC=CC2=C1c1ccc3cc[nH]c3c1CC2. The molecular weight excluding hydrogens is 218 g/mol. The lowest BCUT2D eigenvalue weighted by Crippen LogP contribution is -2.12. The van der Waals surface area contributed by atoms with Crippen LogP contribution in [0.2, 0.25) is 0 Å². The van der Waals surface area contributed by atoms with E-state index in [1.165, 1.54) is 41.3 Å². The first kappa shape index (κ1) is 10.2. The Kier molecular flexibility index (Phi) is 2.05. The van der Waals surface area contributed by atoms with Gasteiger partial charge in [-0.2, -0.15) is 0 Å². The van der Waals surface area contributed by atoms with Crippen LogP contribution in [-0.4, -0.2) is 4.98 Å². The van der Waals surface area contributed by atoms with Gasteiger partial charge in [-0.15, -0.1) is 0 Å². The van der Waals surface area contributed by atoms with Crippen LogP contribution in [0.5, 0.6) is 0 Å². The van der Waals surface area contributed by atoms with Gasteiger partial charge < -0.3 is 4.98 Å². The summed E-state index contributed by atoms with van der Waals surface area (Å²) in [5.74, 6) is 0.663. The minimum atomic E-state index is 0.663. The van der Waals surface area contributed by atoms with E-state index in [9.17, 15) is 0 Å². The summed E-state index contributed by atoms with van der Waals surface area (Å²) in [6.07, 6.45) is 10.3. The lowest BCUT2D eigenvalue weighted by atomic mass is 9.76. The zero-order chi connectivity index (χ0) is 12.1. The molecule has 1 heterocycles. The fraction of sp³-hybridized carbons (Fsp3) is 0.294. The molecule has 2 aliphatic rings. The van der Waals surface area contributed by atoms with E-state index in [1.54, 1.807) is 11.1 Å². The van der Waals surface area contributed by atoms with Crippen LogP contribution < -0.4 is 0 Å². The van der Waals surface area contributed by atoms with Crippen molar-refractivity contribution >= 4 is 16.5 Å². The quantitative estimate of drug-likeness (QED) is 0.693. The van der Waals surface area contributed by atoms with Crippen LogP contribution in [0.25, 0.3) is 16.5 Å². The molecule has 1 nitrogen and oxygen atoms in total. The fourth-order valence-corrected chi connectivity index (χ4v) is 3.56. The predicted molar refractivity (Wildman–Crippen MR) is 76.5 cm³/mol. The molecule has 90 valence electrons. The average molecular weight is 235 g/mol. The maximum absolute atomic E-state index is 3.42. The maximum atomic E-state index is 3.42. The average Bonchev–Trinajstić information content (AvgIpc) is 2.86. The third-order valence-corrected chi connectivity index (χ3v) is 4.42. The molecule has 1 aromatic heterocycles. The summed E-state index contributed by atoms with van der Waals surface area (Å²) in [6, 6.07) is 6.75. The summed E-state index contributed by atoms with van der Waals surface area (Å²) in [5, 5.41) is 1.34. The van der Waals surface area contributed by atoms with Crippen molar-refractivity contribution < 1.29 is 0 Å². The van der Waals surface area contributed by atoms with Crippen molar-refractivity contribution in [2.45, 2.75) is 26.2 Å². The summed E-state index contributed by atoms with van der Waals surface area (Å²) in [5.41, 5.74) is 7.52. The van der Waals surface area contributed by atoms with E-state index in [0.29, 0.717) is 5.92 Å².